The monoisotopic (exact) mass is 246 g/mol. The van der Waals surface area contributed by atoms with Crippen molar-refractivity contribution in [3.8, 4) is 23.0 Å². The molecule has 9 nitrogen and oxygen atoms in total. The number of nitrogen functional groups attached to an aromatic ring is 1. The van der Waals surface area contributed by atoms with Crippen molar-refractivity contribution < 1.29 is 35.0 Å². The Balaban J connectivity index is 3.49. The van der Waals surface area contributed by atoms with Crippen LogP contribution in [0.4, 0.5) is 16.2 Å². The first-order valence-electron chi connectivity index (χ1n) is 4.20. The molecule has 1 aromatic rings. The van der Waals surface area contributed by atoms with E-state index in [1.165, 1.54) is 0 Å². The zero-order chi connectivity index (χ0) is 13.3. The molecule has 17 heavy (non-hydrogen) atoms. The number of carbonyl (C=O) groups excluding carboxylic acids is 1. The second-order valence-corrected chi connectivity index (χ2v) is 3.00. The van der Waals surface area contributed by atoms with Gasteiger partial charge in [-0.25, -0.2) is 5.06 Å². The van der Waals surface area contributed by atoms with Gasteiger partial charge in [0.15, 0.2) is 5.75 Å². The van der Waals surface area contributed by atoms with Gasteiger partial charge in [0.25, 0.3) is 0 Å². The molecule has 0 aliphatic rings. The Bertz CT molecular complexity index is 444. The number of quaternary nitrogens is 1. The minimum atomic E-state index is -1.37. The molecule has 0 saturated heterocycles. The third kappa shape index (κ3) is 1.84. The van der Waals surface area contributed by atoms with E-state index in [-0.39, 0.29) is 0 Å². The van der Waals surface area contributed by atoms with Gasteiger partial charge in [0.05, 0.1) is 7.11 Å². The zero-order valence-electron chi connectivity index (χ0n) is 8.59. The van der Waals surface area contributed by atoms with Crippen LogP contribution in [-0.2, 0) is 4.74 Å². The smallest absolute Gasteiger partial charge is 0.519 e. The van der Waals surface area contributed by atoms with Crippen molar-refractivity contribution in [1.82, 2.24) is 0 Å². The lowest BCUT2D eigenvalue weighted by Crippen LogP contribution is -3.05. The van der Waals surface area contributed by atoms with E-state index in [9.17, 15) is 25.3 Å². The normalized spacial score (nSPS) is 12.1. The van der Waals surface area contributed by atoms with Gasteiger partial charge in [-0.15, -0.1) is 0 Å². The van der Waals surface area contributed by atoms with Crippen LogP contribution in [0.2, 0.25) is 0 Å². The van der Waals surface area contributed by atoms with Crippen molar-refractivity contribution in [2.45, 2.75) is 0 Å². The van der Waals surface area contributed by atoms with Gasteiger partial charge >= 0.3 is 6.09 Å². The van der Waals surface area contributed by atoms with Crippen molar-refractivity contribution in [3.63, 3.8) is 0 Å². The maximum absolute atomic E-state index is 11.4. The number of hydroxylamine groups is 1. The Morgan fingerprint density at radius 1 is 1.18 bits per heavy atom. The summed E-state index contributed by atoms with van der Waals surface area (Å²) in [5.74, 6) is -4.40. The Hall–Kier alpha value is -2.39. The lowest BCUT2D eigenvalue weighted by Gasteiger charge is -2.20. The molecule has 0 bridgehead atoms. The van der Waals surface area contributed by atoms with Crippen LogP contribution in [0.25, 0.3) is 0 Å². The zero-order valence-corrected chi connectivity index (χ0v) is 8.59. The van der Waals surface area contributed by atoms with Crippen molar-refractivity contribution in [3.05, 3.63) is 5.21 Å². The van der Waals surface area contributed by atoms with Gasteiger partial charge in [-0.2, -0.15) is 4.79 Å². The first kappa shape index (κ1) is 12.7. The first-order valence-corrected chi connectivity index (χ1v) is 4.20. The molecule has 1 amide bonds. The quantitative estimate of drug-likeness (QED) is 0.157. The van der Waals surface area contributed by atoms with E-state index in [2.05, 4.69) is 4.74 Å². The average Bonchev–Trinajstić information content (AvgIpc) is 2.32. The summed E-state index contributed by atoms with van der Waals surface area (Å²) < 4.78 is 4.11. The largest absolute Gasteiger partial charge is 0.618 e. The maximum atomic E-state index is 11.4. The minimum Gasteiger partial charge on any atom is -0.618 e. The Morgan fingerprint density at radius 3 is 2.12 bits per heavy atom. The van der Waals surface area contributed by atoms with E-state index in [1.807, 2.05) is 0 Å². The molecular weight excluding hydrogens is 236 g/mol. The van der Waals surface area contributed by atoms with Crippen LogP contribution in [0.1, 0.15) is 0 Å². The standard InChI is InChI=1S/C8H10N2O7/c1-17-8(15)10(16)3-2(9)4(11)6(13)7(14)5(3)12/h10-14H,9H2,1H3. The average molecular weight is 246 g/mol. The van der Waals surface area contributed by atoms with Crippen LogP contribution in [0.5, 0.6) is 23.0 Å². The van der Waals surface area contributed by atoms with E-state index in [4.69, 9.17) is 10.8 Å². The number of rotatable bonds is 1. The molecule has 9 heteroatoms. The molecule has 1 rings (SSSR count). The number of aromatic hydroxyl groups is 4. The van der Waals surface area contributed by atoms with Gasteiger partial charge in [-0.3, -0.25) is 0 Å². The van der Waals surface area contributed by atoms with Crippen molar-refractivity contribution in [1.29, 1.82) is 0 Å². The van der Waals surface area contributed by atoms with Crippen LogP contribution >= 0.6 is 0 Å². The van der Waals surface area contributed by atoms with E-state index in [1.54, 1.807) is 0 Å². The summed E-state index contributed by atoms with van der Waals surface area (Å²) >= 11 is 0. The summed E-state index contributed by atoms with van der Waals surface area (Å²) in [7, 11) is 0.924. The van der Waals surface area contributed by atoms with E-state index in [0.717, 1.165) is 7.11 Å². The van der Waals surface area contributed by atoms with Gasteiger partial charge in [0.1, 0.15) is 5.69 Å². The number of ether oxygens (including phenoxy) is 1. The fraction of sp³-hybridized carbons (Fsp3) is 0.125. The second-order valence-electron chi connectivity index (χ2n) is 3.00. The number of phenols is 4. The summed E-state index contributed by atoms with van der Waals surface area (Å²) in [5, 5.41) is 46.9. The number of carbonyl (C=O) groups is 1. The van der Waals surface area contributed by atoms with Gasteiger partial charge in [0, 0.05) is 0 Å². The number of anilines is 1. The minimum absolute atomic E-state index is 0.742. The molecule has 7 N–H and O–H groups in total. The third-order valence-electron chi connectivity index (χ3n) is 2.03. The van der Waals surface area contributed by atoms with Crippen LogP contribution in [0, 0.1) is 5.21 Å². The molecule has 0 aromatic heterocycles. The SMILES string of the molecule is COC(=O)[NH+]([O-])c1c(N)c(O)c(O)c(O)c1O. The summed E-state index contributed by atoms with van der Waals surface area (Å²) in [6.45, 7) is 0. The molecule has 0 heterocycles. The summed E-state index contributed by atoms with van der Waals surface area (Å²) in [6, 6.07) is 0. The summed E-state index contributed by atoms with van der Waals surface area (Å²) in [4.78, 5) is 11.0. The van der Waals surface area contributed by atoms with Gasteiger partial charge in [-0.05, 0) is 0 Å². The molecule has 94 valence electrons. The number of phenolic OH excluding ortho intramolecular Hbond substituents is 4. The van der Waals surface area contributed by atoms with Gasteiger partial charge in [-0.1, -0.05) is 0 Å². The predicted molar refractivity (Wildman–Crippen MR) is 53.9 cm³/mol. The summed E-state index contributed by atoms with van der Waals surface area (Å²) in [6.07, 6.45) is -1.35. The van der Waals surface area contributed by atoms with Gasteiger partial charge < -0.3 is 36.1 Å². The number of amides is 1. The summed E-state index contributed by atoms with van der Waals surface area (Å²) in [5.41, 5.74) is 3.65. The highest BCUT2D eigenvalue weighted by molar-refractivity contribution is 5.83. The van der Waals surface area contributed by atoms with E-state index >= 15 is 0 Å². The third-order valence-corrected chi connectivity index (χ3v) is 2.03. The van der Waals surface area contributed by atoms with Gasteiger partial charge in [0.2, 0.25) is 22.9 Å². The molecule has 0 aliphatic carbocycles. The molecular formula is C8H10N2O7. The Labute approximate surface area is 94.5 Å². The van der Waals surface area contributed by atoms with Crippen LogP contribution in [0.3, 0.4) is 0 Å². The lowest BCUT2D eigenvalue weighted by molar-refractivity contribution is -0.691. The molecule has 0 saturated carbocycles. The molecule has 1 atom stereocenters. The first-order chi connectivity index (χ1) is 7.82. The van der Waals surface area contributed by atoms with Crippen molar-refractivity contribution in [2.24, 2.45) is 0 Å². The number of nitrogens with two attached hydrogens (primary N) is 1. The topological polar surface area (TPSA) is 161 Å². The number of benzene rings is 1. The highest BCUT2D eigenvalue weighted by Crippen LogP contribution is 2.50. The molecule has 0 aliphatic heterocycles. The Morgan fingerprint density at radius 2 is 1.65 bits per heavy atom. The number of nitrogens with one attached hydrogen (secondary N) is 1. The fourth-order valence-electron chi connectivity index (χ4n) is 1.14. The maximum Gasteiger partial charge on any atom is 0.519 e. The Kier molecular flexibility index (Phi) is 3.16. The van der Waals surface area contributed by atoms with Crippen molar-refractivity contribution in [2.75, 3.05) is 12.8 Å². The van der Waals surface area contributed by atoms with Crippen molar-refractivity contribution >= 4 is 17.5 Å². The predicted octanol–water partition coefficient (Wildman–Crippen LogP) is -1.13. The molecule has 0 radical (unpaired) electrons. The van der Waals surface area contributed by atoms with E-state index < -0.39 is 45.5 Å². The molecule has 1 unspecified atom stereocenters. The van der Waals surface area contributed by atoms with Crippen LogP contribution in [0.15, 0.2) is 0 Å². The molecule has 0 fully saturated rings. The number of methoxy groups -OCH3 is 1. The number of hydrogen-bond donors (Lipinski definition) is 6. The molecule has 1 aromatic carbocycles. The highest BCUT2D eigenvalue weighted by Gasteiger charge is 2.30. The van der Waals surface area contributed by atoms with Crippen LogP contribution in [-0.4, -0.2) is 33.6 Å². The van der Waals surface area contributed by atoms with Crippen LogP contribution < -0.4 is 10.8 Å². The second kappa shape index (κ2) is 4.23. The molecule has 0 spiro atoms. The highest BCUT2D eigenvalue weighted by atomic mass is 16.6. The lowest BCUT2D eigenvalue weighted by atomic mass is 10.2. The van der Waals surface area contributed by atoms with E-state index in [0.29, 0.717) is 0 Å². The fourth-order valence-corrected chi connectivity index (χ4v) is 1.14. The number of hydrogen-bond acceptors (Lipinski definition) is 8.